The molecule has 1 aromatic heterocycles. The fourth-order valence-corrected chi connectivity index (χ4v) is 2.55. The number of carbonyl (C=O) groups excluding carboxylic acids is 1. The molecule has 0 saturated heterocycles. The molecule has 6 heteroatoms. The van der Waals surface area contributed by atoms with Gasteiger partial charge in [0.25, 0.3) is 5.91 Å². The van der Waals surface area contributed by atoms with Gasteiger partial charge in [-0.15, -0.1) is 12.4 Å². The van der Waals surface area contributed by atoms with E-state index in [1.165, 1.54) is 5.39 Å². The third kappa shape index (κ3) is 4.77. The van der Waals surface area contributed by atoms with Gasteiger partial charge in [0.15, 0.2) is 5.76 Å². The summed E-state index contributed by atoms with van der Waals surface area (Å²) in [5, 5.41) is 5.31. The van der Waals surface area contributed by atoms with E-state index < -0.39 is 0 Å². The largest absolute Gasteiger partial charge is 0.486 e. The lowest BCUT2D eigenvalue weighted by molar-refractivity contribution is 0.0761. The lowest BCUT2D eigenvalue weighted by atomic mass is 10.1. The van der Waals surface area contributed by atoms with Gasteiger partial charge >= 0.3 is 0 Å². The highest BCUT2D eigenvalue weighted by molar-refractivity contribution is 5.91. The van der Waals surface area contributed by atoms with Crippen LogP contribution < -0.4 is 10.1 Å². The maximum absolute atomic E-state index is 12.2. The normalized spacial score (nSPS) is 10.4. The van der Waals surface area contributed by atoms with Crippen LogP contribution in [0.2, 0.25) is 0 Å². The molecular formula is C20H23ClN2O3. The quantitative estimate of drug-likeness (QED) is 0.684. The second-order valence-electron chi connectivity index (χ2n) is 5.89. The van der Waals surface area contributed by atoms with E-state index in [0.717, 1.165) is 17.7 Å². The van der Waals surface area contributed by atoms with Gasteiger partial charge in [0.05, 0.1) is 0 Å². The molecule has 138 valence electrons. The van der Waals surface area contributed by atoms with E-state index in [1.807, 2.05) is 43.4 Å². The first kappa shape index (κ1) is 19.8. The maximum atomic E-state index is 12.2. The van der Waals surface area contributed by atoms with Crippen molar-refractivity contribution in [2.75, 3.05) is 27.2 Å². The van der Waals surface area contributed by atoms with Gasteiger partial charge in [-0.2, -0.15) is 0 Å². The fraction of sp³-hybridized carbons (Fsp3) is 0.250. The number of benzene rings is 2. The van der Waals surface area contributed by atoms with Gasteiger partial charge in [-0.05, 0) is 42.1 Å². The molecule has 0 saturated carbocycles. The minimum Gasteiger partial charge on any atom is -0.486 e. The van der Waals surface area contributed by atoms with Gasteiger partial charge < -0.3 is 19.4 Å². The van der Waals surface area contributed by atoms with Crippen LogP contribution in [0.25, 0.3) is 10.8 Å². The molecule has 0 aliphatic rings. The molecule has 0 atom stereocenters. The van der Waals surface area contributed by atoms with Crippen molar-refractivity contribution in [3.05, 3.63) is 66.1 Å². The van der Waals surface area contributed by atoms with E-state index in [2.05, 4.69) is 11.4 Å². The van der Waals surface area contributed by atoms with Crippen molar-refractivity contribution in [3.8, 4) is 5.75 Å². The number of amides is 1. The number of nitrogens with one attached hydrogen (secondary N) is 1. The summed E-state index contributed by atoms with van der Waals surface area (Å²) in [6.07, 6.45) is 0. The number of hydrogen-bond donors (Lipinski definition) is 1. The van der Waals surface area contributed by atoms with Crippen molar-refractivity contribution in [1.82, 2.24) is 10.2 Å². The molecule has 0 radical (unpaired) electrons. The Kier molecular flexibility index (Phi) is 7.06. The summed E-state index contributed by atoms with van der Waals surface area (Å²) < 4.78 is 11.4. The zero-order chi connectivity index (χ0) is 17.6. The van der Waals surface area contributed by atoms with Gasteiger partial charge in [0.2, 0.25) is 0 Å². The van der Waals surface area contributed by atoms with Crippen molar-refractivity contribution in [3.63, 3.8) is 0 Å². The molecule has 26 heavy (non-hydrogen) atoms. The molecule has 0 aliphatic heterocycles. The minimum absolute atomic E-state index is 0. The van der Waals surface area contributed by atoms with Gasteiger partial charge in [0, 0.05) is 20.1 Å². The Bertz CT molecular complexity index is 863. The van der Waals surface area contributed by atoms with Crippen LogP contribution in [0.1, 0.15) is 16.3 Å². The molecule has 1 heterocycles. The molecule has 1 N–H and O–H groups in total. The number of carbonyl (C=O) groups is 1. The Balaban J connectivity index is 0.00000243. The average Bonchev–Trinajstić information content (AvgIpc) is 3.12. The summed E-state index contributed by atoms with van der Waals surface area (Å²) >= 11 is 0. The van der Waals surface area contributed by atoms with Crippen molar-refractivity contribution < 1.29 is 13.9 Å². The molecule has 0 unspecified atom stereocenters. The lowest BCUT2D eigenvalue weighted by Crippen LogP contribution is -2.32. The number of furan rings is 1. The van der Waals surface area contributed by atoms with E-state index in [0.29, 0.717) is 18.1 Å². The number of rotatable bonds is 7. The third-order valence-corrected chi connectivity index (χ3v) is 4.02. The number of likely N-dealkylation sites (N-methyl/N-ethyl adjacent to an activating group) is 2. The first-order chi connectivity index (χ1) is 12.2. The first-order valence-electron chi connectivity index (χ1n) is 8.28. The minimum atomic E-state index is -0.132. The summed E-state index contributed by atoms with van der Waals surface area (Å²) in [5.41, 5.74) is 0. The molecular weight excluding hydrogens is 352 g/mol. The highest BCUT2D eigenvalue weighted by atomic mass is 35.5. The highest BCUT2D eigenvalue weighted by Gasteiger charge is 2.15. The molecule has 0 spiro atoms. The first-order valence-corrected chi connectivity index (χ1v) is 8.28. The van der Waals surface area contributed by atoms with E-state index in [9.17, 15) is 4.79 Å². The van der Waals surface area contributed by atoms with Crippen LogP contribution in [-0.2, 0) is 6.61 Å². The SMILES string of the molecule is CNCCN(C)C(=O)c1ccc(COc2ccc3ccccc3c2)o1.Cl. The predicted molar refractivity (Wildman–Crippen MR) is 105 cm³/mol. The molecule has 3 aromatic rings. The number of fused-ring (bicyclic) bond motifs is 1. The molecule has 0 bridgehead atoms. The van der Waals surface area contributed by atoms with Crippen LogP contribution in [0.5, 0.6) is 5.75 Å². The zero-order valence-corrected chi connectivity index (χ0v) is 15.7. The Hall–Kier alpha value is -2.50. The van der Waals surface area contributed by atoms with Gasteiger partial charge in [-0.3, -0.25) is 4.79 Å². The van der Waals surface area contributed by atoms with E-state index in [-0.39, 0.29) is 24.9 Å². The Morgan fingerprint density at radius 3 is 2.65 bits per heavy atom. The van der Waals surface area contributed by atoms with Gasteiger partial charge in [-0.25, -0.2) is 0 Å². The van der Waals surface area contributed by atoms with E-state index >= 15 is 0 Å². The molecule has 0 aliphatic carbocycles. The smallest absolute Gasteiger partial charge is 0.289 e. The summed E-state index contributed by atoms with van der Waals surface area (Å²) in [6.45, 7) is 1.64. The molecule has 5 nitrogen and oxygen atoms in total. The zero-order valence-electron chi connectivity index (χ0n) is 14.9. The topological polar surface area (TPSA) is 54.7 Å². The summed E-state index contributed by atoms with van der Waals surface area (Å²) in [4.78, 5) is 13.9. The van der Waals surface area contributed by atoms with Crippen LogP contribution in [0.15, 0.2) is 59.0 Å². The van der Waals surface area contributed by atoms with Crippen LogP contribution >= 0.6 is 12.4 Å². The standard InChI is InChI=1S/C20H22N2O3.ClH/c1-21-11-12-22(2)20(23)19-10-9-18(25-19)14-24-17-8-7-15-5-3-4-6-16(15)13-17;/h3-10,13,21H,11-12,14H2,1-2H3;1H. The summed E-state index contributed by atoms with van der Waals surface area (Å²) in [6, 6.07) is 17.6. The van der Waals surface area contributed by atoms with Gasteiger partial charge in [0.1, 0.15) is 18.1 Å². The second-order valence-corrected chi connectivity index (χ2v) is 5.89. The van der Waals surface area contributed by atoms with Crippen LogP contribution in [-0.4, -0.2) is 38.0 Å². The van der Waals surface area contributed by atoms with Crippen molar-refractivity contribution in [2.45, 2.75) is 6.61 Å². The summed E-state index contributed by atoms with van der Waals surface area (Å²) in [7, 11) is 3.61. The monoisotopic (exact) mass is 374 g/mol. The molecule has 2 aromatic carbocycles. The van der Waals surface area contributed by atoms with Gasteiger partial charge in [-0.1, -0.05) is 30.3 Å². The third-order valence-electron chi connectivity index (χ3n) is 4.02. The van der Waals surface area contributed by atoms with E-state index in [1.54, 1.807) is 24.1 Å². The van der Waals surface area contributed by atoms with Crippen molar-refractivity contribution in [2.24, 2.45) is 0 Å². The summed E-state index contributed by atoms with van der Waals surface area (Å²) in [5.74, 6) is 1.59. The fourth-order valence-electron chi connectivity index (χ4n) is 2.55. The average molecular weight is 375 g/mol. The van der Waals surface area contributed by atoms with E-state index in [4.69, 9.17) is 9.15 Å². The Morgan fingerprint density at radius 2 is 1.88 bits per heavy atom. The molecule has 0 fully saturated rings. The lowest BCUT2D eigenvalue weighted by Gasteiger charge is -2.15. The number of ether oxygens (including phenoxy) is 1. The number of nitrogens with zero attached hydrogens (tertiary/aromatic N) is 1. The van der Waals surface area contributed by atoms with Crippen molar-refractivity contribution in [1.29, 1.82) is 0 Å². The second kappa shape index (κ2) is 9.27. The number of hydrogen-bond acceptors (Lipinski definition) is 4. The Labute approximate surface area is 159 Å². The molecule has 1 amide bonds. The van der Waals surface area contributed by atoms with Crippen LogP contribution in [0.3, 0.4) is 0 Å². The predicted octanol–water partition coefficient (Wildman–Crippen LogP) is 3.73. The Morgan fingerprint density at radius 1 is 1.12 bits per heavy atom. The van der Waals surface area contributed by atoms with Crippen LogP contribution in [0, 0.1) is 0 Å². The van der Waals surface area contributed by atoms with Crippen LogP contribution in [0.4, 0.5) is 0 Å². The highest BCUT2D eigenvalue weighted by Crippen LogP contribution is 2.22. The number of halogens is 1. The molecule has 3 rings (SSSR count). The maximum Gasteiger partial charge on any atom is 0.289 e. The van der Waals surface area contributed by atoms with Crippen molar-refractivity contribution >= 4 is 29.1 Å².